The summed E-state index contributed by atoms with van der Waals surface area (Å²) in [6.45, 7) is 13.8. The highest BCUT2D eigenvalue weighted by molar-refractivity contribution is 5.91. The second kappa shape index (κ2) is 18.3. The number of fused-ring (bicyclic) bond motifs is 15. The van der Waals surface area contributed by atoms with Crippen LogP contribution in [0.3, 0.4) is 0 Å². The van der Waals surface area contributed by atoms with Gasteiger partial charge in [0.1, 0.15) is 0 Å². The highest BCUT2D eigenvalue weighted by Gasteiger charge is 2.59. The first-order chi connectivity index (χ1) is 31.1. The molecule has 12 aliphatic rings. The lowest BCUT2D eigenvalue weighted by atomic mass is 9.51. The van der Waals surface area contributed by atoms with Crippen LogP contribution in [-0.4, -0.2) is 50.6 Å². The highest BCUT2D eigenvalue weighted by atomic mass is 16.3. The molecule has 16 unspecified atom stereocenters. The minimum Gasteiger partial charge on any atom is -0.393 e. The van der Waals surface area contributed by atoms with Gasteiger partial charge in [0.05, 0.1) is 24.4 Å². The lowest BCUT2D eigenvalue weighted by molar-refractivity contribution is -0.116. The summed E-state index contributed by atoms with van der Waals surface area (Å²) in [7, 11) is 0. The van der Waals surface area contributed by atoms with Gasteiger partial charge in [-0.1, -0.05) is 61.3 Å². The number of carbonyl (C=O) groups is 1. The van der Waals surface area contributed by atoms with Gasteiger partial charge in [-0.25, -0.2) is 0 Å². The van der Waals surface area contributed by atoms with Gasteiger partial charge in [0, 0.05) is 6.42 Å². The minimum absolute atomic E-state index is 0.143. The van der Waals surface area contributed by atoms with Crippen LogP contribution < -0.4 is 0 Å². The topological polar surface area (TPSA) is 98.0 Å². The van der Waals surface area contributed by atoms with Crippen LogP contribution in [0.4, 0.5) is 0 Å². The summed E-state index contributed by atoms with van der Waals surface area (Å²) in [4.78, 5) is 11.7. The van der Waals surface area contributed by atoms with E-state index in [1.807, 2.05) is 19.9 Å². The standard InChI is InChI=1S/C20H32O2.C20H30O2.C20H30O/c2*1-12(21)18-7-8-19-17-5-3-13-11-14(22)4-6-15(13)16(17)9-10-20(18,19)2;1-3-14-5-9-19-18-7-4-13-12-15(21)6-8-16(13)17(18)10-11-20(14,19)2/h11-12,14-19,21-22H,3-10H2,1-2H3;11-12,15-19,21H,3-10H2,1-2H3;3,12,15-19,21H,4-11H2,1-2H3/b;;14-3+/t12?,14?,15?,16?,17?,18-,19?,20-;12?,15?,16?,17?,18-,19?,20-;15?,16?,17?,18?,19?,20-/m000/s1. The number of hydrogen-bond donors (Lipinski definition) is 4. The van der Waals surface area contributed by atoms with Gasteiger partial charge in [0.25, 0.3) is 0 Å². The fraction of sp³-hybridized carbons (Fsp3) is 0.850. The first-order valence-corrected chi connectivity index (χ1v) is 28.2. The van der Waals surface area contributed by atoms with Crippen molar-refractivity contribution in [2.75, 3.05) is 0 Å². The molecule has 362 valence electrons. The fourth-order valence-corrected chi connectivity index (χ4v) is 20.8. The SMILES string of the molecule is C/C=C1\CCC2C3CCC4=CC(O)CCC4C3CC[C@@]12C.CC(O)[C@@H]1CCC2C3CCC4=CC(=O)CCC4C3CC[C@]21C.CC(O)[C@@H]1CCC2C3CCC4=CC(O)CCC4C3CC[C@]21C. The van der Waals surface area contributed by atoms with E-state index >= 15 is 0 Å². The third-order valence-corrected chi connectivity index (χ3v) is 23.7. The zero-order valence-electron chi connectivity index (χ0n) is 41.9. The largest absolute Gasteiger partial charge is 0.393 e. The molecule has 9 saturated carbocycles. The summed E-state index contributed by atoms with van der Waals surface area (Å²) in [6.07, 6.45) is 38.1. The van der Waals surface area contributed by atoms with Gasteiger partial charge in [-0.15, -0.1) is 0 Å². The van der Waals surface area contributed by atoms with E-state index in [2.05, 4.69) is 45.9 Å². The van der Waals surface area contributed by atoms with Crippen LogP contribution in [0.1, 0.15) is 196 Å². The summed E-state index contributed by atoms with van der Waals surface area (Å²) in [6, 6.07) is 0. The van der Waals surface area contributed by atoms with Gasteiger partial charge in [-0.2, -0.15) is 0 Å². The molecule has 12 aliphatic carbocycles. The lowest BCUT2D eigenvalue weighted by Gasteiger charge is -2.54. The van der Waals surface area contributed by atoms with Gasteiger partial charge >= 0.3 is 0 Å². The second-order valence-corrected chi connectivity index (χ2v) is 26.0. The quantitative estimate of drug-likeness (QED) is 0.207. The van der Waals surface area contributed by atoms with Crippen LogP contribution in [0.15, 0.2) is 46.6 Å². The molecule has 12 rings (SSSR count). The van der Waals surface area contributed by atoms with E-state index in [0.29, 0.717) is 39.8 Å². The molecular formula is C60H92O5. The second-order valence-electron chi connectivity index (χ2n) is 26.0. The molecule has 0 spiro atoms. The summed E-state index contributed by atoms with van der Waals surface area (Å²) in [5.41, 5.74) is 7.69. The molecule has 65 heavy (non-hydrogen) atoms. The summed E-state index contributed by atoms with van der Waals surface area (Å²) >= 11 is 0. The zero-order chi connectivity index (χ0) is 45.6. The van der Waals surface area contributed by atoms with Crippen molar-refractivity contribution in [1.82, 2.24) is 0 Å². The molecule has 0 saturated heterocycles. The van der Waals surface area contributed by atoms with Crippen molar-refractivity contribution in [3.63, 3.8) is 0 Å². The van der Waals surface area contributed by atoms with Crippen LogP contribution in [0, 0.1) is 99.1 Å². The maximum atomic E-state index is 11.7. The Balaban J connectivity index is 0.000000115. The number of allylic oxidation sites excluding steroid dienone is 5. The summed E-state index contributed by atoms with van der Waals surface area (Å²) in [5.74, 6) is 11.5. The number of hydrogen-bond acceptors (Lipinski definition) is 5. The Morgan fingerprint density at radius 1 is 0.508 bits per heavy atom. The Labute approximate surface area is 395 Å². The molecule has 0 amide bonds. The van der Waals surface area contributed by atoms with Gasteiger partial charge in [-0.05, 0) is 274 Å². The van der Waals surface area contributed by atoms with E-state index in [9.17, 15) is 25.2 Å². The Bertz CT molecular complexity index is 1890. The molecule has 0 aliphatic heterocycles. The Morgan fingerprint density at radius 3 is 1.46 bits per heavy atom. The smallest absolute Gasteiger partial charge is 0.155 e. The molecule has 0 heterocycles. The predicted octanol–water partition coefficient (Wildman–Crippen LogP) is 12.9. The van der Waals surface area contributed by atoms with E-state index in [0.717, 1.165) is 97.2 Å². The monoisotopic (exact) mass is 893 g/mol. The number of carbonyl (C=O) groups excluding carboxylic acids is 1. The number of ketones is 1. The van der Waals surface area contributed by atoms with E-state index in [1.165, 1.54) is 128 Å². The van der Waals surface area contributed by atoms with E-state index in [-0.39, 0.29) is 24.4 Å². The maximum Gasteiger partial charge on any atom is 0.155 e. The number of rotatable bonds is 2. The molecular weight excluding hydrogens is 801 g/mol. The Kier molecular flexibility index (Phi) is 13.3. The van der Waals surface area contributed by atoms with E-state index in [4.69, 9.17) is 0 Å². The van der Waals surface area contributed by atoms with Crippen molar-refractivity contribution in [2.24, 2.45) is 99.1 Å². The Hall–Kier alpha value is -1.53. The van der Waals surface area contributed by atoms with Crippen molar-refractivity contribution in [3.8, 4) is 0 Å². The van der Waals surface area contributed by atoms with Crippen molar-refractivity contribution in [2.45, 2.75) is 220 Å². The van der Waals surface area contributed by atoms with Crippen molar-refractivity contribution >= 4 is 5.78 Å². The van der Waals surface area contributed by atoms with Gasteiger partial charge in [0.2, 0.25) is 0 Å². The normalized spacial score (nSPS) is 50.8. The summed E-state index contributed by atoms with van der Waals surface area (Å²) < 4.78 is 0. The Morgan fingerprint density at radius 2 is 0.969 bits per heavy atom. The molecule has 0 bridgehead atoms. The maximum absolute atomic E-state index is 11.7. The van der Waals surface area contributed by atoms with E-state index in [1.54, 1.807) is 16.7 Å². The van der Waals surface area contributed by atoms with Crippen LogP contribution in [-0.2, 0) is 4.79 Å². The molecule has 21 atom stereocenters. The van der Waals surface area contributed by atoms with Gasteiger partial charge in [-0.3, -0.25) is 4.79 Å². The van der Waals surface area contributed by atoms with Crippen LogP contribution in [0.2, 0.25) is 0 Å². The lowest BCUT2D eigenvalue weighted by Crippen LogP contribution is -2.47. The average Bonchev–Trinajstić information content (AvgIpc) is 3.96. The number of aliphatic hydroxyl groups excluding tert-OH is 4. The molecule has 5 heteroatoms. The number of aliphatic hydroxyl groups is 4. The third kappa shape index (κ3) is 8.14. The van der Waals surface area contributed by atoms with Crippen molar-refractivity contribution in [1.29, 1.82) is 0 Å². The molecule has 0 aromatic heterocycles. The molecule has 0 aromatic rings. The first-order valence-electron chi connectivity index (χ1n) is 28.2. The fourth-order valence-electron chi connectivity index (χ4n) is 20.8. The minimum atomic E-state index is -0.178. The van der Waals surface area contributed by atoms with Crippen LogP contribution >= 0.6 is 0 Å². The average molecular weight is 893 g/mol. The van der Waals surface area contributed by atoms with Crippen LogP contribution in [0.5, 0.6) is 0 Å². The van der Waals surface area contributed by atoms with Gasteiger partial charge in [0.15, 0.2) is 5.78 Å². The third-order valence-electron chi connectivity index (χ3n) is 23.7. The first kappa shape index (κ1) is 47.2. The van der Waals surface area contributed by atoms with Crippen molar-refractivity contribution < 1.29 is 25.2 Å². The predicted molar refractivity (Wildman–Crippen MR) is 262 cm³/mol. The van der Waals surface area contributed by atoms with Crippen LogP contribution in [0.25, 0.3) is 0 Å². The summed E-state index contributed by atoms with van der Waals surface area (Å²) in [5, 5.41) is 40.3. The highest BCUT2D eigenvalue weighted by Crippen LogP contribution is 2.67. The molecule has 9 fully saturated rings. The van der Waals surface area contributed by atoms with E-state index < -0.39 is 0 Å². The molecule has 4 N–H and O–H groups in total. The van der Waals surface area contributed by atoms with Crippen molar-refractivity contribution in [3.05, 3.63) is 46.6 Å². The van der Waals surface area contributed by atoms with Gasteiger partial charge < -0.3 is 20.4 Å². The molecule has 0 aromatic carbocycles. The molecule has 5 nitrogen and oxygen atoms in total. The zero-order valence-corrected chi connectivity index (χ0v) is 41.9. The molecule has 0 radical (unpaired) electrons.